The van der Waals surface area contributed by atoms with Crippen LogP contribution in [0.1, 0.15) is 49.9 Å². The first-order valence-corrected chi connectivity index (χ1v) is 6.42. The van der Waals surface area contributed by atoms with Gasteiger partial charge in [-0.25, -0.2) is 9.78 Å². The Morgan fingerprint density at radius 2 is 2.06 bits per heavy atom. The molecule has 18 heavy (non-hydrogen) atoms. The van der Waals surface area contributed by atoms with Gasteiger partial charge in [0.1, 0.15) is 5.82 Å². The third kappa shape index (κ3) is 3.22. The first-order chi connectivity index (χ1) is 8.46. The lowest BCUT2D eigenvalue weighted by Gasteiger charge is -2.34. The van der Waals surface area contributed by atoms with Gasteiger partial charge in [0.15, 0.2) is 0 Å². The molecule has 1 aromatic rings. The molecule has 0 aliphatic heterocycles. The zero-order valence-electron chi connectivity index (χ0n) is 10.9. The highest BCUT2D eigenvalue weighted by molar-refractivity contribution is 5.87. The van der Waals surface area contributed by atoms with E-state index in [4.69, 9.17) is 5.11 Å². The lowest BCUT2D eigenvalue weighted by Crippen LogP contribution is -2.30. The van der Waals surface area contributed by atoms with Crippen molar-refractivity contribution in [1.82, 2.24) is 4.98 Å². The molecule has 2 rings (SSSR count). The van der Waals surface area contributed by atoms with Gasteiger partial charge in [0.2, 0.25) is 0 Å². The van der Waals surface area contributed by atoms with Gasteiger partial charge in [-0.2, -0.15) is 0 Å². The lowest BCUT2D eigenvalue weighted by molar-refractivity contribution is 0.0696. The van der Waals surface area contributed by atoms with Crippen LogP contribution < -0.4 is 5.32 Å². The number of carbonyl (C=O) groups is 1. The van der Waals surface area contributed by atoms with Crippen molar-refractivity contribution in [2.24, 2.45) is 5.41 Å². The van der Waals surface area contributed by atoms with Crippen LogP contribution in [0.3, 0.4) is 0 Å². The van der Waals surface area contributed by atoms with Gasteiger partial charge < -0.3 is 10.4 Å². The predicted molar refractivity (Wildman–Crippen MR) is 70.9 cm³/mol. The van der Waals surface area contributed by atoms with Gasteiger partial charge in [0, 0.05) is 12.2 Å². The number of hydrogen-bond donors (Lipinski definition) is 2. The monoisotopic (exact) mass is 248 g/mol. The molecule has 1 fully saturated rings. The fraction of sp³-hybridized carbons (Fsp3) is 0.571. The van der Waals surface area contributed by atoms with E-state index in [1.807, 2.05) is 0 Å². The molecule has 0 saturated heterocycles. The molecule has 1 aliphatic rings. The number of aromatic nitrogens is 1. The number of hydrogen-bond acceptors (Lipinski definition) is 3. The highest BCUT2D eigenvalue weighted by Gasteiger charge is 2.26. The lowest BCUT2D eigenvalue weighted by atomic mass is 9.75. The van der Waals surface area contributed by atoms with Crippen LogP contribution in [-0.4, -0.2) is 22.1 Å². The third-order valence-corrected chi connectivity index (χ3v) is 3.70. The van der Waals surface area contributed by atoms with Crippen LogP contribution >= 0.6 is 0 Å². The SMILES string of the molecule is CC1(C)CCC(Nc2ccc(C(=O)O)cn2)CC1. The number of nitrogens with one attached hydrogen (secondary N) is 1. The maximum Gasteiger partial charge on any atom is 0.337 e. The van der Waals surface area contributed by atoms with E-state index in [-0.39, 0.29) is 5.56 Å². The molecule has 0 spiro atoms. The second kappa shape index (κ2) is 4.96. The summed E-state index contributed by atoms with van der Waals surface area (Å²) >= 11 is 0. The molecule has 98 valence electrons. The van der Waals surface area contributed by atoms with E-state index in [9.17, 15) is 4.79 Å². The third-order valence-electron chi connectivity index (χ3n) is 3.70. The van der Waals surface area contributed by atoms with E-state index in [2.05, 4.69) is 24.1 Å². The van der Waals surface area contributed by atoms with Crippen LogP contribution in [0, 0.1) is 5.41 Å². The molecule has 0 bridgehead atoms. The summed E-state index contributed by atoms with van der Waals surface area (Å²) in [6.45, 7) is 4.62. The Balaban J connectivity index is 1.92. The summed E-state index contributed by atoms with van der Waals surface area (Å²) in [7, 11) is 0. The Morgan fingerprint density at radius 3 is 2.56 bits per heavy atom. The molecule has 1 aromatic heterocycles. The quantitative estimate of drug-likeness (QED) is 0.862. The van der Waals surface area contributed by atoms with Gasteiger partial charge in [-0.15, -0.1) is 0 Å². The van der Waals surface area contributed by atoms with Crippen molar-refractivity contribution in [3.8, 4) is 0 Å². The Labute approximate surface area is 107 Å². The maximum absolute atomic E-state index is 10.7. The van der Waals surface area contributed by atoms with Crippen molar-refractivity contribution < 1.29 is 9.90 Å². The highest BCUT2D eigenvalue weighted by atomic mass is 16.4. The summed E-state index contributed by atoms with van der Waals surface area (Å²) in [5.41, 5.74) is 0.684. The number of rotatable bonds is 3. The largest absolute Gasteiger partial charge is 0.478 e. The van der Waals surface area contributed by atoms with E-state index in [0.29, 0.717) is 11.5 Å². The minimum Gasteiger partial charge on any atom is -0.478 e. The normalized spacial score (nSPS) is 19.4. The summed E-state index contributed by atoms with van der Waals surface area (Å²) in [6.07, 6.45) is 6.14. The van der Waals surface area contributed by atoms with Gasteiger partial charge in [-0.1, -0.05) is 13.8 Å². The van der Waals surface area contributed by atoms with Gasteiger partial charge in [-0.05, 0) is 43.2 Å². The first kappa shape index (κ1) is 12.9. The Kier molecular flexibility index (Phi) is 3.55. The zero-order valence-corrected chi connectivity index (χ0v) is 10.9. The van der Waals surface area contributed by atoms with Gasteiger partial charge in [-0.3, -0.25) is 0 Å². The summed E-state index contributed by atoms with van der Waals surface area (Å²) in [5, 5.41) is 12.2. The molecule has 1 aliphatic carbocycles. The van der Waals surface area contributed by atoms with Crippen molar-refractivity contribution in [3.63, 3.8) is 0 Å². The average molecular weight is 248 g/mol. The van der Waals surface area contributed by atoms with Crippen molar-refractivity contribution in [3.05, 3.63) is 23.9 Å². The van der Waals surface area contributed by atoms with Crippen LogP contribution in [0.4, 0.5) is 5.82 Å². The molecule has 1 heterocycles. The zero-order chi connectivity index (χ0) is 13.2. The van der Waals surface area contributed by atoms with Crippen molar-refractivity contribution in [2.45, 2.75) is 45.6 Å². The van der Waals surface area contributed by atoms with Crippen molar-refractivity contribution >= 4 is 11.8 Å². The maximum atomic E-state index is 10.7. The Bertz CT molecular complexity index is 416. The van der Waals surface area contributed by atoms with Gasteiger partial charge in [0.25, 0.3) is 0 Å². The molecule has 4 heteroatoms. The van der Waals surface area contributed by atoms with Crippen molar-refractivity contribution in [1.29, 1.82) is 0 Å². The molecule has 0 unspecified atom stereocenters. The number of nitrogens with zero attached hydrogens (tertiary/aromatic N) is 1. The fourth-order valence-electron chi connectivity index (χ4n) is 2.36. The number of anilines is 1. The summed E-state index contributed by atoms with van der Waals surface area (Å²) < 4.78 is 0. The summed E-state index contributed by atoms with van der Waals surface area (Å²) in [5.74, 6) is -0.168. The summed E-state index contributed by atoms with van der Waals surface area (Å²) in [6, 6.07) is 3.79. The molecule has 0 amide bonds. The van der Waals surface area contributed by atoms with Gasteiger partial charge >= 0.3 is 5.97 Å². The molecule has 0 atom stereocenters. The molecule has 1 saturated carbocycles. The second-order valence-corrected chi connectivity index (χ2v) is 5.82. The number of aromatic carboxylic acids is 1. The van der Waals surface area contributed by atoms with E-state index in [1.54, 1.807) is 12.1 Å². The van der Waals surface area contributed by atoms with E-state index in [0.717, 1.165) is 18.7 Å². The predicted octanol–water partition coefficient (Wildman–Crippen LogP) is 3.16. The number of carboxylic acids is 1. The summed E-state index contributed by atoms with van der Waals surface area (Å²) in [4.78, 5) is 14.9. The average Bonchev–Trinajstić information content (AvgIpc) is 2.33. The van der Waals surface area contributed by atoms with E-state index < -0.39 is 5.97 Å². The molecular formula is C14H20N2O2. The Hall–Kier alpha value is -1.58. The smallest absolute Gasteiger partial charge is 0.337 e. The first-order valence-electron chi connectivity index (χ1n) is 6.42. The number of pyridine rings is 1. The molecule has 2 N–H and O–H groups in total. The number of carboxylic acid groups (broad SMARTS) is 1. The van der Waals surface area contributed by atoms with Crippen LogP contribution in [0.15, 0.2) is 18.3 Å². The fourth-order valence-corrected chi connectivity index (χ4v) is 2.36. The minimum absolute atomic E-state index is 0.227. The van der Waals surface area contributed by atoms with Crippen LogP contribution in [-0.2, 0) is 0 Å². The molecule has 0 aromatic carbocycles. The Morgan fingerprint density at radius 1 is 1.39 bits per heavy atom. The van der Waals surface area contributed by atoms with Crippen LogP contribution in [0.25, 0.3) is 0 Å². The van der Waals surface area contributed by atoms with E-state index >= 15 is 0 Å². The van der Waals surface area contributed by atoms with E-state index in [1.165, 1.54) is 19.0 Å². The van der Waals surface area contributed by atoms with Crippen LogP contribution in [0.5, 0.6) is 0 Å². The van der Waals surface area contributed by atoms with Gasteiger partial charge in [0.05, 0.1) is 5.56 Å². The molecule has 4 nitrogen and oxygen atoms in total. The standard InChI is InChI=1S/C14H20N2O2/c1-14(2)7-5-11(6-8-14)16-12-4-3-10(9-15-12)13(17)18/h3-4,9,11H,5-8H2,1-2H3,(H,15,16)(H,17,18). The van der Waals surface area contributed by atoms with Crippen LogP contribution in [0.2, 0.25) is 0 Å². The highest BCUT2D eigenvalue weighted by Crippen LogP contribution is 2.35. The van der Waals surface area contributed by atoms with Crippen molar-refractivity contribution in [2.75, 3.05) is 5.32 Å². The second-order valence-electron chi connectivity index (χ2n) is 5.82. The topological polar surface area (TPSA) is 62.2 Å². The molecular weight excluding hydrogens is 228 g/mol. The minimum atomic E-state index is -0.937. The molecule has 0 radical (unpaired) electrons.